The Balaban J connectivity index is 2.22. The molecule has 0 radical (unpaired) electrons. The molecule has 0 bridgehead atoms. The van der Waals surface area contributed by atoms with Crippen LogP contribution in [0.4, 0.5) is 0 Å². The maximum atomic E-state index is 11.3. The highest BCUT2D eigenvalue weighted by molar-refractivity contribution is 5.40. The predicted molar refractivity (Wildman–Crippen MR) is 97.4 cm³/mol. The van der Waals surface area contributed by atoms with E-state index in [1.807, 2.05) is 66.7 Å². The molecule has 0 aliphatic heterocycles. The highest BCUT2D eigenvalue weighted by Crippen LogP contribution is 2.31. The molecular formula is C21H27NO. The second kappa shape index (κ2) is 8.66. The van der Waals surface area contributed by atoms with Crippen LogP contribution in [0.25, 0.3) is 0 Å². The zero-order valence-electron chi connectivity index (χ0n) is 14.2. The van der Waals surface area contributed by atoms with Crippen molar-refractivity contribution in [3.05, 3.63) is 83.9 Å². The van der Waals surface area contributed by atoms with Gasteiger partial charge in [-0.25, -0.2) is 0 Å². The summed E-state index contributed by atoms with van der Waals surface area (Å²) in [6.07, 6.45) is 4.96. The fraction of sp³-hybridized carbons (Fsp3) is 0.333. The molecule has 0 fully saturated rings. The molecule has 0 spiro atoms. The van der Waals surface area contributed by atoms with Gasteiger partial charge in [-0.2, -0.15) is 0 Å². The van der Waals surface area contributed by atoms with E-state index in [-0.39, 0.29) is 0 Å². The SMILES string of the molecule is CCN(CC)CC/C=C/C(O)(c1ccccc1)c1ccccc1. The fourth-order valence-corrected chi connectivity index (χ4v) is 2.79. The second-order valence-electron chi connectivity index (χ2n) is 5.72. The summed E-state index contributed by atoms with van der Waals surface area (Å²) < 4.78 is 0. The largest absolute Gasteiger partial charge is 0.377 e. The zero-order chi connectivity index (χ0) is 16.5. The molecule has 2 aromatic rings. The van der Waals surface area contributed by atoms with Gasteiger partial charge in [-0.05, 0) is 36.7 Å². The lowest BCUT2D eigenvalue weighted by atomic mass is 9.86. The van der Waals surface area contributed by atoms with Gasteiger partial charge < -0.3 is 10.0 Å². The van der Waals surface area contributed by atoms with Crippen molar-refractivity contribution in [2.24, 2.45) is 0 Å². The van der Waals surface area contributed by atoms with E-state index in [9.17, 15) is 5.11 Å². The molecule has 0 aliphatic carbocycles. The molecule has 0 unspecified atom stereocenters. The molecule has 2 aromatic carbocycles. The zero-order valence-corrected chi connectivity index (χ0v) is 14.2. The van der Waals surface area contributed by atoms with Gasteiger partial charge in [0.1, 0.15) is 5.60 Å². The summed E-state index contributed by atoms with van der Waals surface area (Å²) in [4.78, 5) is 2.38. The Labute approximate surface area is 140 Å². The highest BCUT2D eigenvalue weighted by Gasteiger charge is 2.27. The van der Waals surface area contributed by atoms with Crippen LogP contribution < -0.4 is 0 Å². The standard InChI is InChI=1S/C21H27NO/c1-3-22(4-2)18-12-11-17-21(23,19-13-7-5-8-14-19)20-15-9-6-10-16-20/h5-11,13-17,23H,3-4,12,18H2,1-2H3/b17-11+. The summed E-state index contributed by atoms with van der Waals surface area (Å²) in [7, 11) is 0. The first-order valence-electron chi connectivity index (χ1n) is 8.44. The molecule has 1 N–H and O–H groups in total. The van der Waals surface area contributed by atoms with Crippen molar-refractivity contribution < 1.29 is 5.11 Å². The van der Waals surface area contributed by atoms with E-state index in [1.54, 1.807) is 0 Å². The van der Waals surface area contributed by atoms with Crippen molar-refractivity contribution in [1.29, 1.82) is 0 Å². The summed E-state index contributed by atoms with van der Waals surface area (Å²) in [5.41, 5.74) is 0.710. The first-order chi connectivity index (χ1) is 11.2. The Bertz CT molecular complexity index is 548. The lowest BCUT2D eigenvalue weighted by molar-refractivity contribution is 0.134. The van der Waals surface area contributed by atoms with Crippen molar-refractivity contribution in [2.45, 2.75) is 25.9 Å². The summed E-state index contributed by atoms with van der Waals surface area (Å²) in [6.45, 7) is 7.50. The minimum atomic E-state index is -1.08. The van der Waals surface area contributed by atoms with Gasteiger partial charge >= 0.3 is 0 Å². The first kappa shape index (κ1) is 17.5. The normalized spacial score (nSPS) is 12.2. The van der Waals surface area contributed by atoms with Crippen molar-refractivity contribution >= 4 is 0 Å². The molecule has 2 rings (SSSR count). The molecule has 0 saturated carbocycles. The Morgan fingerprint density at radius 1 is 0.870 bits per heavy atom. The van der Waals surface area contributed by atoms with E-state index in [0.717, 1.165) is 37.2 Å². The monoisotopic (exact) mass is 309 g/mol. The molecule has 23 heavy (non-hydrogen) atoms. The van der Waals surface area contributed by atoms with Gasteiger partial charge in [-0.3, -0.25) is 0 Å². The Morgan fingerprint density at radius 3 is 1.78 bits per heavy atom. The number of hydrogen-bond donors (Lipinski definition) is 1. The minimum Gasteiger partial charge on any atom is -0.377 e. The van der Waals surface area contributed by atoms with Gasteiger partial charge in [-0.1, -0.05) is 80.6 Å². The summed E-state index contributed by atoms with van der Waals surface area (Å²) >= 11 is 0. The number of hydrogen-bond acceptors (Lipinski definition) is 2. The predicted octanol–water partition coefficient (Wildman–Crippen LogP) is 4.21. The van der Waals surface area contributed by atoms with Crippen LogP contribution in [-0.2, 0) is 5.60 Å². The molecule has 0 atom stereocenters. The minimum absolute atomic E-state index is 0.894. The van der Waals surface area contributed by atoms with Crippen LogP contribution in [0.1, 0.15) is 31.4 Å². The highest BCUT2D eigenvalue weighted by atomic mass is 16.3. The molecule has 0 amide bonds. The summed E-state index contributed by atoms with van der Waals surface area (Å²) in [6, 6.07) is 19.7. The van der Waals surface area contributed by atoms with Crippen molar-refractivity contribution in [3.63, 3.8) is 0 Å². The molecule has 0 aliphatic rings. The van der Waals surface area contributed by atoms with Crippen LogP contribution in [0.2, 0.25) is 0 Å². The van der Waals surface area contributed by atoms with Gasteiger partial charge in [-0.15, -0.1) is 0 Å². The van der Waals surface area contributed by atoms with E-state index in [0.29, 0.717) is 0 Å². The average molecular weight is 309 g/mol. The molecule has 0 saturated heterocycles. The third kappa shape index (κ3) is 4.54. The van der Waals surface area contributed by atoms with E-state index < -0.39 is 5.60 Å². The van der Waals surface area contributed by atoms with Crippen LogP contribution in [-0.4, -0.2) is 29.6 Å². The van der Waals surface area contributed by atoms with Crippen LogP contribution >= 0.6 is 0 Å². The maximum absolute atomic E-state index is 11.3. The third-order valence-electron chi connectivity index (χ3n) is 4.29. The number of nitrogens with zero attached hydrogens (tertiary/aromatic N) is 1. The van der Waals surface area contributed by atoms with Crippen molar-refractivity contribution in [1.82, 2.24) is 4.90 Å². The topological polar surface area (TPSA) is 23.5 Å². The Hall–Kier alpha value is -1.90. The van der Waals surface area contributed by atoms with Crippen LogP contribution in [0.3, 0.4) is 0 Å². The van der Waals surface area contributed by atoms with Crippen molar-refractivity contribution in [3.8, 4) is 0 Å². The van der Waals surface area contributed by atoms with Crippen molar-refractivity contribution in [2.75, 3.05) is 19.6 Å². The first-order valence-corrected chi connectivity index (χ1v) is 8.44. The Kier molecular flexibility index (Phi) is 6.57. The van der Waals surface area contributed by atoms with Gasteiger partial charge in [0.2, 0.25) is 0 Å². The number of rotatable bonds is 8. The lowest BCUT2D eigenvalue weighted by Crippen LogP contribution is -2.25. The van der Waals surface area contributed by atoms with E-state index in [2.05, 4.69) is 24.8 Å². The molecule has 2 heteroatoms. The van der Waals surface area contributed by atoms with Gasteiger partial charge in [0.25, 0.3) is 0 Å². The summed E-state index contributed by atoms with van der Waals surface area (Å²) in [5.74, 6) is 0. The second-order valence-corrected chi connectivity index (χ2v) is 5.72. The summed E-state index contributed by atoms with van der Waals surface area (Å²) in [5, 5.41) is 11.3. The average Bonchev–Trinajstić information content (AvgIpc) is 2.63. The quantitative estimate of drug-likeness (QED) is 0.738. The Morgan fingerprint density at radius 2 is 1.35 bits per heavy atom. The lowest BCUT2D eigenvalue weighted by Gasteiger charge is -2.26. The van der Waals surface area contributed by atoms with Gasteiger partial charge in [0.05, 0.1) is 0 Å². The van der Waals surface area contributed by atoms with Gasteiger partial charge in [0.15, 0.2) is 0 Å². The smallest absolute Gasteiger partial charge is 0.133 e. The third-order valence-corrected chi connectivity index (χ3v) is 4.29. The van der Waals surface area contributed by atoms with Crippen LogP contribution in [0, 0.1) is 0 Å². The fourth-order valence-electron chi connectivity index (χ4n) is 2.79. The molecule has 2 nitrogen and oxygen atoms in total. The van der Waals surface area contributed by atoms with E-state index >= 15 is 0 Å². The van der Waals surface area contributed by atoms with Crippen LogP contribution in [0.15, 0.2) is 72.8 Å². The maximum Gasteiger partial charge on any atom is 0.133 e. The molecule has 0 heterocycles. The molecule has 122 valence electrons. The van der Waals surface area contributed by atoms with E-state index in [4.69, 9.17) is 0 Å². The van der Waals surface area contributed by atoms with E-state index in [1.165, 1.54) is 0 Å². The molecular weight excluding hydrogens is 282 g/mol. The van der Waals surface area contributed by atoms with Gasteiger partial charge in [0, 0.05) is 6.54 Å². The molecule has 0 aromatic heterocycles. The van der Waals surface area contributed by atoms with Crippen LogP contribution in [0.5, 0.6) is 0 Å². The number of benzene rings is 2. The number of aliphatic hydroxyl groups is 1.